The molecule has 2 amide bonds. The van der Waals surface area contributed by atoms with Crippen LogP contribution >= 0.6 is 0 Å². The van der Waals surface area contributed by atoms with E-state index in [9.17, 15) is 9.59 Å². The van der Waals surface area contributed by atoms with Gasteiger partial charge in [-0.1, -0.05) is 45.0 Å². The minimum absolute atomic E-state index is 0.106. The van der Waals surface area contributed by atoms with Crippen molar-refractivity contribution >= 4 is 23.2 Å². The molecular formula is C24H22N4O2. The predicted molar refractivity (Wildman–Crippen MR) is 116 cm³/mol. The van der Waals surface area contributed by atoms with Gasteiger partial charge < -0.3 is 10.6 Å². The van der Waals surface area contributed by atoms with Crippen LogP contribution in [-0.4, -0.2) is 16.8 Å². The molecule has 3 rings (SSSR count). The lowest BCUT2D eigenvalue weighted by atomic mass is 9.86. The molecule has 150 valence electrons. The highest BCUT2D eigenvalue weighted by atomic mass is 16.2. The number of pyridine rings is 1. The molecule has 3 aromatic rings. The van der Waals surface area contributed by atoms with E-state index in [1.165, 1.54) is 12.3 Å². The van der Waals surface area contributed by atoms with Crippen molar-refractivity contribution in [2.45, 2.75) is 26.2 Å². The van der Waals surface area contributed by atoms with E-state index in [4.69, 9.17) is 5.26 Å². The summed E-state index contributed by atoms with van der Waals surface area (Å²) in [7, 11) is 0. The van der Waals surface area contributed by atoms with E-state index in [0.29, 0.717) is 16.8 Å². The third-order valence-electron chi connectivity index (χ3n) is 4.49. The van der Waals surface area contributed by atoms with Gasteiger partial charge in [-0.3, -0.25) is 14.6 Å². The van der Waals surface area contributed by atoms with Crippen molar-refractivity contribution in [1.29, 1.82) is 5.26 Å². The number of carbonyl (C=O) groups excluding carboxylic acids is 2. The molecule has 0 unspecified atom stereocenters. The molecule has 0 atom stereocenters. The molecule has 0 saturated heterocycles. The summed E-state index contributed by atoms with van der Waals surface area (Å²) in [5, 5.41) is 14.6. The Balaban J connectivity index is 1.79. The van der Waals surface area contributed by atoms with E-state index in [0.717, 1.165) is 11.3 Å². The second kappa shape index (κ2) is 8.58. The minimum Gasteiger partial charge on any atom is -0.322 e. The summed E-state index contributed by atoms with van der Waals surface area (Å²) in [6.07, 6.45) is 1.42. The van der Waals surface area contributed by atoms with Gasteiger partial charge in [0.05, 0.1) is 11.6 Å². The molecule has 0 aliphatic heterocycles. The summed E-state index contributed by atoms with van der Waals surface area (Å²) in [6, 6.07) is 19.2. The number of nitrogens with one attached hydrogen (secondary N) is 2. The molecule has 0 aliphatic carbocycles. The fourth-order valence-electron chi connectivity index (χ4n) is 3.00. The molecule has 0 fully saturated rings. The number of nitriles is 1. The van der Waals surface area contributed by atoms with Gasteiger partial charge >= 0.3 is 0 Å². The normalized spacial score (nSPS) is 10.7. The van der Waals surface area contributed by atoms with Crippen molar-refractivity contribution in [2.75, 3.05) is 10.6 Å². The zero-order valence-electron chi connectivity index (χ0n) is 17.1. The second-order valence-electron chi connectivity index (χ2n) is 7.83. The molecule has 0 spiro atoms. The number of hydrogen-bond acceptors (Lipinski definition) is 4. The molecule has 1 heterocycles. The summed E-state index contributed by atoms with van der Waals surface area (Å²) >= 11 is 0. The molecule has 0 aliphatic rings. The number of rotatable bonds is 4. The minimum atomic E-state index is -0.463. The van der Waals surface area contributed by atoms with E-state index in [1.54, 1.807) is 30.3 Å². The number of carbonyl (C=O) groups is 2. The highest BCUT2D eigenvalue weighted by Crippen LogP contribution is 2.29. The van der Waals surface area contributed by atoms with Gasteiger partial charge in [0, 0.05) is 23.1 Å². The van der Waals surface area contributed by atoms with Crippen LogP contribution in [0.15, 0.2) is 66.9 Å². The maximum atomic E-state index is 12.8. The zero-order chi connectivity index (χ0) is 21.7. The third kappa shape index (κ3) is 4.89. The quantitative estimate of drug-likeness (QED) is 0.663. The lowest BCUT2D eigenvalue weighted by Crippen LogP contribution is -2.20. The Morgan fingerprint density at radius 2 is 1.70 bits per heavy atom. The first-order chi connectivity index (χ1) is 14.3. The second-order valence-corrected chi connectivity index (χ2v) is 7.83. The monoisotopic (exact) mass is 398 g/mol. The SMILES string of the molecule is CC(C)(C)c1ccccc1NC(=O)c1ccnc(C(=O)Nc2cccc(C#N)c2)c1. The molecular weight excluding hydrogens is 376 g/mol. The predicted octanol–water partition coefficient (Wildman–Crippen LogP) is 4.76. The molecule has 0 radical (unpaired) electrons. The van der Waals surface area contributed by atoms with Gasteiger partial charge in [-0.15, -0.1) is 0 Å². The van der Waals surface area contributed by atoms with E-state index >= 15 is 0 Å². The van der Waals surface area contributed by atoms with Crippen molar-refractivity contribution in [3.05, 3.63) is 89.2 Å². The Morgan fingerprint density at radius 3 is 2.43 bits per heavy atom. The number of hydrogen-bond donors (Lipinski definition) is 2. The van der Waals surface area contributed by atoms with Crippen LogP contribution in [0.3, 0.4) is 0 Å². The van der Waals surface area contributed by atoms with Crippen LogP contribution in [0.25, 0.3) is 0 Å². The Bertz CT molecular complexity index is 1140. The van der Waals surface area contributed by atoms with Gasteiger partial charge in [-0.05, 0) is 47.4 Å². The number of amides is 2. The number of para-hydroxylation sites is 1. The molecule has 0 saturated carbocycles. The average Bonchev–Trinajstić information content (AvgIpc) is 2.73. The first kappa shape index (κ1) is 20.7. The topological polar surface area (TPSA) is 94.9 Å². The largest absolute Gasteiger partial charge is 0.322 e. The molecule has 6 nitrogen and oxygen atoms in total. The van der Waals surface area contributed by atoms with E-state index in [1.807, 2.05) is 30.3 Å². The van der Waals surface area contributed by atoms with Crippen LogP contribution in [0.2, 0.25) is 0 Å². The standard InChI is InChI=1S/C24H22N4O2/c1-24(2,3)19-9-4-5-10-20(19)28-22(29)17-11-12-26-21(14-17)23(30)27-18-8-6-7-16(13-18)15-25/h4-14H,1-3H3,(H,27,30)(H,28,29). The van der Waals surface area contributed by atoms with Crippen molar-refractivity contribution in [2.24, 2.45) is 0 Å². The molecule has 6 heteroatoms. The maximum Gasteiger partial charge on any atom is 0.274 e. The molecule has 1 aromatic heterocycles. The molecule has 30 heavy (non-hydrogen) atoms. The Hall–Kier alpha value is -3.98. The van der Waals surface area contributed by atoms with Gasteiger partial charge in [-0.2, -0.15) is 5.26 Å². The highest BCUT2D eigenvalue weighted by molar-refractivity contribution is 6.08. The Kier molecular flexibility index (Phi) is 5.93. The molecule has 2 aromatic carbocycles. The van der Waals surface area contributed by atoms with Gasteiger partial charge in [-0.25, -0.2) is 0 Å². The van der Waals surface area contributed by atoms with E-state index < -0.39 is 5.91 Å². The van der Waals surface area contributed by atoms with Crippen LogP contribution in [0.1, 0.15) is 52.7 Å². The summed E-state index contributed by atoms with van der Waals surface area (Å²) < 4.78 is 0. The summed E-state index contributed by atoms with van der Waals surface area (Å²) in [5.41, 5.74) is 2.96. The zero-order valence-corrected chi connectivity index (χ0v) is 17.1. The summed E-state index contributed by atoms with van der Waals surface area (Å²) in [5.74, 6) is -0.788. The van der Waals surface area contributed by atoms with Crippen molar-refractivity contribution in [1.82, 2.24) is 4.98 Å². The van der Waals surface area contributed by atoms with Crippen molar-refractivity contribution < 1.29 is 9.59 Å². The highest BCUT2D eigenvalue weighted by Gasteiger charge is 2.19. The van der Waals surface area contributed by atoms with Gasteiger partial charge in [0.2, 0.25) is 0 Å². The lowest BCUT2D eigenvalue weighted by Gasteiger charge is -2.23. The average molecular weight is 398 g/mol. The van der Waals surface area contributed by atoms with Crippen LogP contribution in [0.4, 0.5) is 11.4 Å². The van der Waals surface area contributed by atoms with Gasteiger partial charge in [0.15, 0.2) is 0 Å². The van der Waals surface area contributed by atoms with E-state index in [2.05, 4.69) is 36.4 Å². The number of nitrogens with zero attached hydrogens (tertiary/aromatic N) is 2. The van der Waals surface area contributed by atoms with Crippen molar-refractivity contribution in [3.63, 3.8) is 0 Å². The van der Waals surface area contributed by atoms with Crippen LogP contribution < -0.4 is 10.6 Å². The van der Waals surface area contributed by atoms with Crippen LogP contribution in [0, 0.1) is 11.3 Å². The Morgan fingerprint density at radius 1 is 0.933 bits per heavy atom. The fourth-order valence-corrected chi connectivity index (χ4v) is 3.00. The number of benzene rings is 2. The summed E-state index contributed by atoms with van der Waals surface area (Å²) in [6.45, 7) is 6.23. The smallest absolute Gasteiger partial charge is 0.274 e. The number of anilines is 2. The van der Waals surface area contributed by atoms with Gasteiger partial charge in [0.1, 0.15) is 5.69 Å². The van der Waals surface area contributed by atoms with Crippen LogP contribution in [-0.2, 0) is 5.41 Å². The first-order valence-electron chi connectivity index (χ1n) is 9.46. The van der Waals surface area contributed by atoms with Crippen LogP contribution in [0.5, 0.6) is 0 Å². The maximum absolute atomic E-state index is 12.8. The number of aromatic nitrogens is 1. The first-order valence-corrected chi connectivity index (χ1v) is 9.46. The molecule has 2 N–H and O–H groups in total. The summed E-state index contributed by atoms with van der Waals surface area (Å²) in [4.78, 5) is 29.4. The fraction of sp³-hybridized carbons (Fsp3) is 0.167. The van der Waals surface area contributed by atoms with Gasteiger partial charge in [0.25, 0.3) is 11.8 Å². The van der Waals surface area contributed by atoms with Crippen molar-refractivity contribution in [3.8, 4) is 6.07 Å². The van der Waals surface area contributed by atoms with E-state index in [-0.39, 0.29) is 17.0 Å². The third-order valence-corrected chi connectivity index (χ3v) is 4.49. The molecule has 0 bridgehead atoms. The Labute approximate surface area is 175 Å². The lowest BCUT2D eigenvalue weighted by molar-refractivity contribution is 0.102.